The minimum absolute atomic E-state index is 0.0515. The molecule has 0 saturated carbocycles. The second kappa shape index (κ2) is 4.93. The van der Waals surface area contributed by atoms with Gasteiger partial charge in [-0.3, -0.25) is 4.79 Å². The number of carbonyl (C=O) groups is 1. The van der Waals surface area contributed by atoms with E-state index in [2.05, 4.69) is 6.92 Å². The van der Waals surface area contributed by atoms with Crippen LogP contribution in [0.15, 0.2) is 16.7 Å². The monoisotopic (exact) mass is 240 g/mol. The lowest BCUT2D eigenvalue weighted by Crippen LogP contribution is -2.40. The van der Waals surface area contributed by atoms with Crippen molar-refractivity contribution in [3.05, 3.63) is 23.7 Å². The molecule has 5 heteroatoms. The minimum Gasteiger partial charge on any atom is -0.467 e. The van der Waals surface area contributed by atoms with Crippen LogP contribution in [0.1, 0.15) is 23.0 Å². The highest BCUT2D eigenvalue weighted by Gasteiger charge is 2.23. The van der Waals surface area contributed by atoms with Crippen LogP contribution in [0.5, 0.6) is 0 Å². The molecule has 1 atom stereocenters. The molecule has 0 radical (unpaired) electrons. The molecule has 2 heterocycles. The number of thioether (sulfide) groups is 1. The minimum atomic E-state index is 0.0515. The van der Waals surface area contributed by atoms with Crippen molar-refractivity contribution in [3.63, 3.8) is 0 Å². The molecule has 1 aliphatic rings. The smallest absolute Gasteiger partial charge is 0.257 e. The van der Waals surface area contributed by atoms with E-state index >= 15 is 0 Å². The number of nitrogens with two attached hydrogens (primary N) is 1. The highest BCUT2D eigenvalue weighted by molar-refractivity contribution is 7.99. The summed E-state index contributed by atoms with van der Waals surface area (Å²) in [6.07, 6.45) is 1.50. The molecule has 0 aromatic carbocycles. The van der Waals surface area contributed by atoms with E-state index in [4.69, 9.17) is 10.2 Å². The lowest BCUT2D eigenvalue weighted by atomic mass is 10.2. The zero-order valence-corrected chi connectivity index (χ0v) is 10.1. The highest BCUT2D eigenvalue weighted by Crippen LogP contribution is 2.20. The summed E-state index contributed by atoms with van der Waals surface area (Å²) in [5.74, 6) is 1.72. The zero-order chi connectivity index (χ0) is 11.5. The first-order valence-electron chi connectivity index (χ1n) is 5.39. The van der Waals surface area contributed by atoms with Crippen molar-refractivity contribution in [3.8, 4) is 0 Å². The molecule has 16 heavy (non-hydrogen) atoms. The lowest BCUT2D eigenvalue weighted by Gasteiger charge is -2.30. The van der Waals surface area contributed by atoms with E-state index in [0.717, 1.165) is 18.8 Å². The standard InChI is InChI=1S/C11H16N2O2S/c1-8-6-13(2-3-16-8)11(14)9-4-10(5-12)15-7-9/h4,7-8H,2-3,5-6,12H2,1H3. The molecule has 0 spiro atoms. The molecular weight excluding hydrogens is 224 g/mol. The van der Waals surface area contributed by atoms with Crippen LogP contribution >= 0.6 is 11.8 Å². The van der Waals surface area contributed by atoms with Crippen LogP contribution in [0, 0.1) is 0 Å². The molecule has 1 aromatic rings. The maximum Gasteiger partial charge on any atom is 0.257 e. The zero-order valence-electron chi connectivity index (χ0n) is 9.31. The van der Waals surface area contributed by atoms with Crippen LogP contribution in [-0.2, 0) is 6.54 Å². The molecule has 0 bridgehead atoms. The molecule has 1 saturated heterocycles. The predicted molar refractivity (Wildman–Crippen MR) is 64.4 cm³/mol. The van der Waals surface area contributed by atoms with Gasteiger partial charge in [0.05, 0.1) is 12.1 Å². The molecule has 88 valence electrons. The van der Waals surface area contributed by atoms with E-state index in [1.807, 2.05) is 16.7 Å². The highest BCUT2D eigenvalue weighted by atomic mass is 32.2. The Morgan fingerprint density at radius 1 is 1.75 bits per heavy atom. The van der Waals surface area contributed by atoms with Crippen molar-refractivity contribution >= 4 is 17.7 Å². The van der Waals surface area contributed by atoms with Crippen molar-refractivity contribution in [2.45, 2.75) is 18.7 Å². The van der Waals surface area contributed by atoms with Gasteiger partial charge in [0.15, 0.2) is 0 Å². The molecule has 0 aliphatic carbocycles. The lowest BCUT2D eigenvalue weighted by molar-refractivity contribution is 0.0762. The molecular formula is C11H16N2O2S. The van der Waals surface area contributed by atoms with Crippen molar-refractivity contribution in [1.82, 2.24) is 4.90 Å². The fourth-order valence-corrected chi connectivity index (χ4v) is 2.80. The van der Waals surface area contributed by atoms with Gasteiger partial charge in [-0.2, -0.15) is 11.8 Å². The van der Waals surface area contributed by atoms with Crippen molar-refractivity contribution in [1.29, 1.82) is 0 Å². The SMILES string of the molecule is CC1CN(C(=O)c2coc(CN)c2)CCS1. The van der Waals surface area contributed by atoms with E-state index in [1.54, 1.807) is 6.07 Å². The number of nitrogens with zero attached hydrogens (tertiary/aromatic N) is 1. The van der Waals surface area contributed by atoms with E-state index in [1.165, 1.54) is 6.26 Å². The number of rotatable bonds is 2. The van der Waals surface area contributed by atoms with Crippen LogP contribution in [-0.4, -0.2) is 34.9 Å². The third kappa shape index (κ3) is 2.41. The summed E-state index contributed by atoms with van der Waals surface area (Å²) in [5, 5.41) is 0.513. The normalized spacial score (nSPS) is 21.1. The number of furan rings is 1. The topological polar surface area (TPSA) is 59.5 Å². The second-order valence-electron chi connectivity index (χ2n) is 3.94. The van der Waals surface area contributed by atoms with E-state index in [0.29, 0.717) is 23.1 Å². The van der Waals surface area contributed by atoms with Gasteiger partial charge in [0.1, 0.15) is 12.0 Å². The molecule has 1 aromatic heterocycles. The Kier molecular flexibility index (Phi) is 3.56. The van der Waals surface area contributed by atoms with E-state index < -0.39 is 0 Å². The van der Waals surface area contributed by atoms with Gasteiger partial charge in [-0.15, -0.1) is 0 Å². The summed E-state index contributed by atoms with van der Waals surface area (Å²) in [6, 6.07) is 1.73. The van der Waals surface area contributed by atoms with Gasteiger partial charge in [-0.1, -0.05) is 6.92 Å². The van der Waals surface area contributed by atoms with Gasteiger partial charge in [0, 0.05) is 24.1 Å². The van der Waals surface area contributed by atoms with Crippen LogP contribution in [0.4, 0.5) is 0 Å². The number of carbonyl (C=O) groups excluding carboxylic acids is 1. The molecule has 2 rings (SSSR count). The Hall–Kier alpha value is -0.940. The Labute approximate surface area is 99.2 Å². The maximum atomic E-state index is 12.1. The van der Waals surface area contributed by atoms with E-state index in [9.17, 15) is 4.79 Å². The summed E-state index contributed by atoms with van der Waals surface area (Å²) in [6.45, 7) is 4.11. The van der Waals surface area contributed by atoms with Crippen LogP contribution in [0.2, 0.25) is 0 Å². The summed E-state index contributed by atoms with van der Waals surface area (Å²) in [4.78, 5) is 14.0. The average Bonchev–Trinajstić information content (AvgIpc) is 2.76. The summed E-state index contributed by atoms with van der Waals surface area (Å²) in [7, 11) is 0. The summed E-state index contributed by atoms with van der Waals surface area (Å²) >= 11 is 1.91. The number of amides is 1. The van der Waals surface area contributed by atoms with Crippen molar-refractivity contribution < 1.29 is 9.21 Å². The van der Waals surface area contributed by atoms with Gasteiger partial charge in [-0.25, -0.2) is 0 Å². The number of hydrogen-bond acceptors (Lipinski definition) is 4. The van der Waals surface area contributed by atoms with Crippen LogP contribution in [0.3, 0.4) is 0 Å². The fraction of sp³-hybridized carbons (Fsp3) is 0.545. The average molecular weight is 240 g/mol. The largest absolute Gasteiger partial charge is 0.467 e. The molecule has 1 fully saturated rings. The van der Waals surface area contributed by atoms with Crippen molar-refractivity contribution in [2.24, 2.45) is 5.73 Å². The Morgan fingerprint density at radius 3 is 3.19 bits per heavy atom. The Bertz CT molecular complexity index is 378. The maximum absolute atomic E-state index is 12.1. The van der Waals surface area contributed by atoms with Gasteiger partial charge >= 0.3 is 0 Å². The third-order valence-electron chi connectivity index (χ3n) is 2.63. The molecule has 1 aliphatic heterocycles. The fourth-order valence-electron chi connectivity index (χ4n) is 1.79. The van der Waals surface area contributed by atoms with Crippen LogP contribution < -0.4 is 5.73 Å². The Morgan fingerprint density at radius 2 is 2.56 bits per heavy atom. The van der Waals surface area contributed by atoms with Gasteiger partial charge < -0.3 is 15.1 Å². The molecule has 2 N–H and O–H groups in total. The third-order valence-corrected chi connectivity index (χ3v) is 3.77. The first-order chi connectivity index (χ1) is 7.70. The first kappa shape index (κ1) is 11.5. The predicted octanol–water partition coefficient (Wildman–Crippen LogP) is 1.32. The molecule has 1 amide bonds. The molecule has 1 unspecified atom stereocenters. The van der Waals surface area contributed by atoms with Crippen LogP contribution in [0.25, 0.3) is 0 Å². The quantitative estimate of drug-likeness (QED) is 0.847. The Balaban J connectivity index is 2.06. The summed E-state index contributed by atoms with van der Waals surface area (Å²) in [5.41, 5.74) is 6.05. The number of hydrogen-bond donors (Lipinski definition) is 1. The second-order valence-corrected chi connectivity index (χ2v) is 5.48. The van der Waals surface area contributed by atoms with Gasteiger partial charge in [-0.05, 0) is 6.07 Å². The van der Waals surface area contributed by atoms with Gasteiger partial charge in [0.2, 0.25) is 0 Å². The molecule has 4 nitrogen and oxygen atoms in total. The van der Waals surface area contributed by atoms with Crippen molar-refractivity contribution in [2.75, 3.05) is 18.8 Å². The van der Waals surface area contributed by atoms with Gasteiger partial charge in [0.25, 0.3) is 5.91 Å². The summed E-state index contributed by atoms with van der Waals surface area (Å²) < 4.78 is 5.17. The first-order valence-corrected chi connectivity index (χ1v) is 6.44. The van der Waals surface area contributed by atoms with E-state index in [-0.39, 0.29) is 5.91 Å².